The van der Waals surface area contributed by atoms with Gasteiger partial charge in [-0.1, -0.05) is 73.5 Å². The van der Waals surface area contributed by atoms with Gasteiger partial charge in [-0.3, -0.25) is 10.2 Å². The Labute approximate surface area is 235 Å². The number of nitrogens with two attached hydrogens (primary N) is 2. The standard InChI is InChI=1S/C27H34N6O4S.ClH/c28-26(29)22-14-12-20(13-15-22)19-33(27(35)32-16-5-1-2-6-17-32)31-25(34)18-30-38(36,37)24-11-7-9-21-8-3-4-10-23(21)24;/h3-4,7-15,26,30H,1-2,5-6,16-19,28-29H2,(H,31,34);1H. The molecule has 10 nitrogen and oxygen atoms in total. The van der Waals surface area contributed by atoms with E-state index in [0.717, 1.165) is 42.2 Å². The first kappa shape index (κ1) is 30.3. The normalized spacial score (nSPS) is 14.0. The Kier molecular flexibility index (Phi) is 10.7. The highest BCUT2D eigenvalue weighted by molar-refractivity contribution is 7.89. The first-order valence-corrected chi connectivity index (χ1v) is 14.2. The van der Waals surface area contributed by atoms with Crippen LogP contribution in [-0.2, 0) is 21.4 Å². The van der Waals surface area contributed by atoms with Crippen LogP contribution in [0.2, 0.25) is 0 Å². The van der Waals surface area contributed by atoms with Gasteiger partial charge in [-0.25, -0.2) is 22.9 Å². The zero-order valence-corrected chi connectivity index (χ0v) is 23.2. The van der Waals surface area contributed by atoms with E-state index in [0.29, 0.717) is 18.5 Å². The lowest BCUT2D eigenvalue weighted by molar-refractivity contribution is -0.124. The molecule has 0 spiro atoms. The molecule has 210 valence electrons. The average molecular weight is 575 g/mol. The molecule has 0 saturated carbocycles. The lowest BCUT2D eigenvalue weighted by atomic mass is 10.1. The van der Waals surface area contributed by atoms with Gasteiger partial charge in [0.15, 0.2) is 0 Å². The summed E-state index contributed by atoms with van der Waals surface area (Å²) >= 11 is 0. The maximum Gasteiger partial charge on any atom is 0.339 e. The van der Waals surface area contributed by atoms with Crippen LogP contribution in [0.4, 0.5) is 4.79 Å². The van der Waals surface area contributed by atoms with Gasteiger partial charge in [0.2, 0.25) is 10.0 Å². The van der Waals surface area contributed by atoms with Gasteiger partial charge in [0.25, 0.3) is 5.91 Å². The van der Waals surface area contributed by atoms with Crippen molar-refractivity contribution in [2.45, 2.75) is 43.3 Å². The first-order chi connectivity index (χ1) is 18.2. The molecule has 0 aromatic heterocycles. The second-order valence-electron chi connectivity index (χ2n) is 9.37. The Morgan fingerprint density at radius 3 is 2.21 bits per heavy atom. The van der Waals surface area contributed by atoms with Crippen molar-refractivity contribution in [2.24, 2.45) is 11.5 Å². The third-order valence-corrected chi connectivity index (χ3v) is 7.99. The second-order valence-corrected chi connectivity index (χ2v) is 11.1. The number of fused-ring (bicyclic) bond motifs is 1. The summed E-state index contributed by atoms with van der Waals surface area (Å²) < 4.78 is 28.4. The number of hydrazine groups is 1. The van der Waals surface area contributed by atoms with Crippen molar-refractivity contribution in [2.75, 3.05) is 19.6 Å². The molecular formula is C27H35ClN6O4S. The van der Waals surface area contributed by atoms with Gasteiger partial charge in [-0.2, -0.15) is 0 Å². The quantitative estimate of drug-likeness (QED) is 0.251. The molecule has 12 heteroatoms. The first-order valence-electron chi connectivity index (χ1n) is 12.7. The van der Waals surface area contributed by atoms with E-state index in [1.54, 1.807) is 47.4 Å². The predicted molar refractivity (Wildman–Crippen MR) is 153 cm³/mol. The number of benzene rings is 3. The van der Waals surface area contributed by atoms with Gasteiger partial charge >= 0.3 is 6.03 Å². The number of sulfonamides is 1. The van der Waals surface area contributed by atoms with E-state index < -0.39 is 28.6 Å². The van der Waals surface area contributed by atoms with Gasteiger partial charge in [-0.05, 0) is 35.4 Å². The molecule has 1 aliphatic rings. The van der Waals surface area contributed by atoms with Crippen molar-refractivity contribution in [3.05, 3.63) is 77.9 Å². The number of rotatable bonds is 7. The molecule has 0 bridgehead atoms. The Balaban J connectivity index is 0.00000420. The van der Waals surface area contributed by atoms with E-state index in [2.05, 4.69) is 10.1 Å². The van der Waals surface area contributed by atoms with Crippen LogP contribution in [0.1, 0.15) is 43.0 Å². The van der Waals surface area contributed by atoms with Crippen LogP contribution in [0.3, 0.4) is 0 Å². The summed E-state index contributed by atoms with van der Waals surface area (Å²) in [5.74, 6) is -0.655. The summed E-state index contributed by atoms with van der Waals surface area (Å²) in [7, 11) is -3.98. The number of nitrogens with zero attached hydrogens (tertiary/aromatic N) is 2. The molecular weight excluding hydrogens is 540 g/mol. The summed E-state index contributed by atoms with van der Waals surface area (Å²) in [6, 6.07) is 18.9. The van der Waals surface area contributed by atoms with E-state index in [-0.39, 0.29) is 29.9 Å². The number of hydrogen-bond donors (Lipinski definition) is 4. The molecule has 1 saturated heterocycles. The average Bonchev–Trinajstić information content (AvgIpc) is 3.21. The van der Waals surface area contributed by atoms with Crippen LogP contribution in [0.15, 0.2) is 71.6 Å². The maximum atomic E-state index is 13.4. The van der Waals surface area contributed by atoms with E-state index in [4.69, 9.17) is 11.5 Å². The minimum absolute atomic E-state index is 0. The summed E-state index contributed by atoms with van der Waals surface area (Å²) in [4.78, 5) is 28.1. The Hall–Kier alpha value is -3.22. The van der Waals surface area contributed by atoms with Crippen LogP contribution < -0.4 is 21.6 Å². The van der Waals surface area contributed by atoms with Crippen molar-refractivity contribution in [1.29, 1.82) is 0 Å². The van der Waals surface area contributed by atoms with Crippen LogP contribution in [0.25, 0.3) is 10.8 Å². The van der Waals surface area contributed by atoms with Gasteiger partial charge < -0.3 is 16.4 Å². The third-order valence-electron chi connectivity index (χ3n) is 6.53. The van der Waals surface area contributed by atoms with Crippen molar-refractivity contribution >= 4 is 45.1 Å². The van der Waals surface area contributed by atoms with Crippen LogP contribution >= 0.6 is 12.4 Å². The van der Waals surface area contributed by atoms with Crippen LogP contribution in [-0.4, -0.2) is 49.9 Å². The van der Waals surface area contributed by atoms with Crippen molar-refractivity contribution in [3.63, 3.8) is 0 Å². The minimum Gasteiger partial charge on any atom is -0.323 e. The highest BCUT2D eigenvalue weighted by Crippen LogP contribution is 2.22. The molecule has 1 aliphatic heterocycles. The summed E-state index contributed by atoms with van der Waals surface area (Å²) in [5.41, 5.74) is 15.6. The van der Waals surface area contributed by atoms with Gasteiger partial charge in [-0.15, -0.1) is 12.4 Å². The van der Waals surface area contributed by atoms with Crippen LogP contribution in [0.5, 0.6) is 0 Å². The molecule has 0 unspecified atom stereocenters. The molecule has 6 N–H and O–H groups in total. The number of nitrogens with one attached hydrogen (secondary N) is 2. The fraction of sp³-hybridized carbons (Fsp3) is 0.333. The molecule has 4 rings (SSSR count). The predicted octanol–water partition coefficient (Wildman–Crippen LogP) is 2.99. The molecule has 0 aliphatic carbocycles. The van der Waals surface area contributed by atoms with E-state index in [9.17, 15) is 18.0 Å². The van der Waals surface area contributed by atoms with Crippen molar-refractivity contribution in [3.8, 4) is 0 Å². The topological polar surface area (TPSA) is 151 Å². The van der Waals surface area contributed by atoms with Crippen LogP contribution in [0, 0.1) is 0 Å². The summed E-state index contributed by atoms with van der Waals surface area (Å²) in [6.07, 6.45) is 3.26. The number of likely N-dealkylation sites (tertiary alicyclic amines) is 1. The molecule has 39 heavy (non-hydrogen) atoms. The highest BCUT2D eigenvalue weighted by atomic mass is 35.5. The summed E-state index contributed by atoms with van der Waals surface area (Å²) in [6.45, 7) is 0.757. The van der Waals surface area contributed by atoms with Crippen molar-refractivity contribution < 1.29 is 18.0 Å². The Morgan fingerprint density at radius 1 is 0.897 bits per heavy atom. The molecule has 0 radical (unpaired) electrons. The molecule has 0 atom stereocenters. The fourth-order valence-corrected chi connectivity index (χ4v) is 5.68. The minimum atomic E-state index is -3.98. The maximum absolute atomic E-state index is 13.4. The molecule has 1 heterocycles. The number of carbonyl (C=O) groups excluding carboxylic acids is 2. The Bertz CT molecular complexity index is 1370. The van der Waals surface area contributed by atoms with Gasteiger partial charge in [0.05, 0.1) is 24.2 Å². The Morgan fingerprint density at radius 2 is 1.54 bits per heavy atom. The lowest BCUT2D eigenvalue weighted by Gasteiger charge is -2.30. The molecule has 3 aromatic carbocycles. The van der Waals surface area contributed by atoms with E-state index >= 15 is 0 Å². The fourth-order valence-electron chi connectivity index (χ4n) is 4.47. The number of hydrogen-bond acceptors (Lipinski definition) is 6. The zero-order chi connectivity index (χ0) is 27.1. The highest BCUT2D eigenvalue weighted by Gasteiger charge is 2.25. The number of carbonyl (C=O) groups is 2. The van der Waals surface area contributed by atoms with E-state index in [1.807, 2.05) is 18.2 Å². The third kappa shape index (κ3) is 7.90. The molecule has 3 aromatic rings. The summed E-state index contributed by atoms with van der Waals surface area (Å²) in [5, 5.41) is 2.56. The number of urea groups is 1. The van der Waals surface area contributed by atoms with Gasteiger partial charge in [0, 0.05) is 18.5 Å². The largest absolute Gasteiger partial charge is 0.339 e. The lowest BCUT2D eigenvalue weighted by Crippen LogP contribution is -2.53. The molecule has 3 amide bonds. The monoisotopic (exact) mass is 574 g/mol. The number of amides is 3. The molecule has 1 fully saturated rings. The number of halogens is 1. The van der Waals surface area contributed by atoms with Gasteiger partial charge in [0.1, 0.15) is 0 Å². The zero-order valence-electron chi connectivity index (χ0n) is 21.6. The smallest absolute Gasteiger partial charge is 0.323 e. The van der Waals surface area contributed by atoms with Crippen molar-refractivity contribution in [1.82, 2.24) is 20.1 Å². The SMILES string of the molecule is Cl.NC(N)c1ccc(CN(NC(=O)CNS(=O)(=O)c2cccc3ccccc23)C(=O)N2CCCCCC2)cc1. The second kappa shape index (κ2) is 13.7. The van der Waals surface area contributed by atoms with E-state index in [1.165, 1.54) is 11.1 Å².